The minimum absolute atomic E-state index is 0.558. The lowest BCUT2D eigenvalue weighted by Gasteiger charge is -2.31. The van der Waals surface area contributed by atoms with Gasteiger partial charge in [-0.25, -0.2) is 9.59 Å². The van der Waals surface area contributed by atoms with Crippen molar-refractivity contribution in [2.45, 2.75) is 39.0 Å². The van der Waals surface area contributed by atoms with Gasteiger partial charge >= 0.3 is 11.9 Å². The van der Waals surface area contributed by atoms with Crippen LogP contribution < -0.4 is 10.1 Å². The standard InChI is InChI=1S/C20H28N2O.C4H4O4/c1-3-15-14-21-11-9-16(15)5-4-6-17-10-12-22-20-8-7-18(23-2)13-19(17)20;5-3(6)1-2-4(7)8/h7-8,10,12-13,15-16,21H,3-6,9,11,14H2,1-2H3;1-2H,(H,5,6)(H,7,8)/b;2-1+/t15-,16-;/m1./s1. The monoisotopic (exact) mass is 428 g/mol. The number of hydrogen-bond acceptors (Lipinski definition) is 5. The maximum atomic E-state index is 9.55. The molecule has 31 heavy (non-hydrogen) atoms. The Bertz CT molecular complexity index is 881. The van der Waals surface area contributed by atoms with Crippen LogP contribution in [0.1, 0.15) is 38.2 Å². The fourth-order valence-corrected chi connectivity index (χ4v) is 4.06. The summed E-state index contributed by atoms with van der Waals surface area (Å²) in [5, 5.41) is 20.4. The molecule has 0 saturated carbocycles. The van der Waals surface area contributed by atoms with Gasteiger partial charge < -0.3 is 20.3 Å². The first-order chi connectivity index (χ1) is 14.9. The zero-order valence-corrected chi connectivity index (χ0v) is 18.2. The van der Waals surface area contributed by atoms with E-state index in [1.807, 2.05) is 12.3 Å². The second kappa shape index (κ2) is 12.7. The fourth-order valence-electron chi connectivity index (χ4n) is 4.06. The van der Waals surface area contributed by atoms with Crippen molar-refractivity contribution in [2.75, 3.05) is 20.2 Å². The van der Waals surface area contributed by atoms with E-state index >= 15 is 0 Å². The van der Waals surface area contributed by atoms with Gasteiger partial charge in [-0.2, -0.15) is 0 Å². The third kappa shape index (κ3) is 8.02. The zero-order chi connectivity index (χ0) is 22.6. The van der Waals surface area contributed by atoms with Gasteiger partial charge in [-0.3, -0.25) is 4.98 Å². The maximum absolute atomic E-state index is 9.55. The quantitative estimate of drug-likeness (QED) is 0.547. The molecule has 1 aromatic heterocycles. The van der Waals surface area contributed by atoms with E-state index in [0.717, 1.165) is 29.5 Å². The smallest absolute Gasteiger partial charge is 0.328 e. The van der Waals surface area contributed by atoms with Crippen LogP contribution in [-0.2, 0) is 16.0 Å². The summed E-state index contributed by atoms with van der Waals surface area (Å²) in [6.07, 6.45) is 9.42. The highest BCUT2D eigenvalue weighted by atomic mass is 16.5. The second-order valence-corrected chi connectivity index (χ2v) is 7.68. The maximum Gasteiger partial charge on any atom is 0.328 e. The molecule has 0 amide bonds. The number of aromatic nitrogens is 1. The van der Waals surface area contributed by atoms with Gasteiger partial charge in [0.25, 0.3) is 0 Å². The summed E-state index contributed by atoms with van der Waals surface area (Å²) >= 11 is 0. The lowest BCUT2D eigenvalue weighted by Crippen LogP contribution is -2.36. The Morgan fingerprint density at radius 3 is 2.58 bits per heavy atom. The molecule has 0 spiro atoms. The van der Waals surface area contributed by atoms with Crippen molar-refractivity contribution in [1.29, 1.82) is 0 Å². The number of methoxy groups -OCH3 is 1. The van der Waals surface area contributed by atoms with Crippen LogP contribution in [0, 0.1) is 11.8 Å². The van der Waals surface area contributed by atoms with Gasteiger partial charge in [0.15, 0.2) is 0 Å². The lowest BCUT2D eigenvalue weighted by atomic mass is 9.81. The van der Waals surface area contributed by atoms with E-state index in [0.29, 0.717) is 12.2 Å². The van der Waals surface area contributed by atoms with Gasteiger partial charge in [-0.15, -0.1) is 0 Å². The number of carboxylic acid groups (broad SMARTS) is 2. The van der Waals surface area contributed by atoms with Gasteiger partial charge in [-0.05, 0) is 80.4 Å². The number of benzene rings is 1. The molecular formula is C24H32N2O5. The van der Waals surface area contributed by atoms with E-state index in [9.17, 15) is 9.59 Å². The van der Waals surface area contributed by atoms with Crippen molar-refractivity contribution in [2.24, 2.45) is 11.8 Å². The van der Waals surface area contributed by atoms with Crippen molar-refractivity contribution in [3.8, 4) is 5.75 Å². The summed E-state index contributed by atoms with van der Waals surface area (Å²) in [5.74, 6) is 0.151. The summed E-state index contributed by atoms with van der Waals surface area (Å²) in [4.78, 5) is 23.6. The molecule has 0 radical (unpaired) electrons. The summed E-state index contributed by atoms with van der Waals surface area (Å²) in [6, 6.07) is 8.33. The van der Waals surface area contributed by atoms with Gasteiger partial charge in [0.2, 0.25) is 0 Å². The molecule has 3 N–H and O–H groups in total. The van der Waals surface area contributed by atoms with Crippen molar-refractivity contribution in [3.63, 3.8) is 0 Å². The third-order valence-electron chi connectivity index (χ3n) is 5.72. The summed E-state index contributed by atoms with van der Waals surface area (Å²) in [5.41, 5.74) is 2.47. The van der Waals surface area contributed by atoms with Crippen LogP contribution in [0.15, 0.2) is 42.6 Å². The van der Waals surface area contributed by atoms with E-state index in [1.54, 1.807) is 7.11 Å². The molecule has 2 aromatic rings. The number of ether oxygens (including phenoxy) is 1. The number of rotatable bonds is 8. The Morgan fingerprint density at radius 1 is 1.19 bits per heavy atom. The summed E-state index contributed by atoms with van der Waals surface area (Å²) in [6.45, 7) is 4.72. The zero-order valence-electron chi connectivity index (χ0n) is 18.2. The van der Waals surface area contributed by atoms with Crippen molar-refractivity contribution in [1.82, 2.24) is 10.3 Å². The van der Waals surface area contributed by atoms with Gasteiger partial charge in [0.1, 0.15) is 5.75 Å². The highest BCUT2D eigenvalue weighted by molar-refractivity contribution is 5.89. The highest BCUT2D eigenvalue weighted by Crippen LogP contribution is 2.28. The number of aryl methyl sites for hydroxylation is 1. The Kier molecular flexibility index (Phi) is 9.97. The first kappa shape index (κ1) is 24.3. The molecule has 1 aromatic carbocycles. The van der Waals surface area contributed by atoms with Crippen LogP contribution in [0.5, 0.6) is 5.75 Å². The molecule has 1 saturated heterocycles. The van der Waals surface area contributed by atoms with Crippen molar-refractivity contribution in [3.05, 3.63) is 48.2 Å². The van der Waals surface area contributed by atoms with Crippen LogP contribution in [-0.4, -0.2) is 47.3 Å². The number of carboxylic acids is 2. The highest BCUT2D eigenvalue weighted by Gasteiger charge is 2.22. The van der Waals surface area contributed by atoms with Crippen LogP contribution in [0.2, 0.25) is 0 Å². The molecule has 0 bridgehead atoms. The summed E-state index contributed by atoms with van der Waals surface area (Å²) < 4.78 is 5.37. The minimum atomic E-state index is -1.26. The predicted molar refractivity (Wildman–Crippen MR) is 120 cm³/mol. The topological polar surface area (TPSA) is 109 Å². The Hall–Kier alpha value is -2.93. The average Bonchev–Trinajstić information content (AvgIpc) is 2.78. The number of hydrogen-bond donors (Lipinski definition) is 3. The number of carbonyl (C=O) groups is 2. The molecule has 2 atom stereocenters. The normalized spacial score (nSPS) is 18.4. The molecule has 2 heterocycles. The fraction of sp³-hybridized carbons (Fsp3) is 0.458. The molecule has 1 fully saturated rings. The molecule has 0 aliphatic carbocycles. The third-order valence-corrected chi connectivity index (χ3v) is 5.72. The Morgan fingerprint density at radius 2 is 1.94 bits per heavy atom. The van der Waals surface area contributed by atoms with Crippen LogP contribution in [0.4, 0.5) is 0 Å². The van der Waals surface area contributed by atoms with Crippen LogP contribution in [0.3, 0.4) is 0 Å². The molecular weight excluding hydrogens is 396 g/mol. The number of piperidine rings is 1. The van der Waals surface area contributed by atoms with E-state index in [4.69, 9.17) is 14.9 Å². The number of fused-ring (bicyclic) bond motifs is 1. The van der Waals surface area contributed by atoms with E-state index in [2.05, 4.69) is 35.4 Å². The van der Waals surface area contributed by atoms with E-state index in [-0.39, 0.29) is 0 Å². The number of aliphatic carboxylic acids is 2. The van der Waals surface area contributed by atoms with Gasteiger partial charge in [0.05, 0.1) is 12.6 Å². The molecule has 0 unspecified atom stereocenters. The van der Waals surface area contributed by atoms with Gasteiger partial charge in [-0.1, -0.05) is 13.3 Å². The number of pyridine rings is 1. The first-order valence-corrected chi connectivity index (χ1v) is 10.7. The van der Waals surface area contributed by atoms with Crippen molar-refractivity contribution < 1.29 is 24.5 Å². The first-order valence-electron chi connectivity index (χ1n) is 10.7. The minimum Gasteiger partial charge on any atom is -0.497 e. The number of nitrogens with zero attached hydrogens (tertiary/aromatic N) is 1. The van der Waals surface area contributed by atoms with Crippen LogP contribution in [0.25, 0.3) is 10.9 Å². The second-order valence-electron chi connectivity index (χ2n) is 7.68. The van der Waals surface area contributed by atoms with E-state index < -0.39 is 11.9 Å². The average molecular weight is 429 g/mol. The molecule has 7 nitrogen and oxygen atoms in total. The lowest BCUT2D eigenvalue weighted by molar-refractivity contribution is -0.134. The molecule has 1 aliphatic rings. The predicted octanol–water partition coefficient (Wildman–Crippen LogP) is 3.91. The molecule has 7 heteroatoms. The Labute approximate surface area is 183 Å². The Balaban J connectivity index is 0.000000366. The number of nitrogens with one attached hydrogen (secondary N) is 1. The van der Waals surface area contributed by atoms with E-state index in [1.165, 1.54) is 49.7 Å². The molecule has 3 rings (SSSR count). The van der Waals surface area contributed by atoms with Crippen molar-refractivity contribution >= 4 is 22.8 Å². The largest absolute Gasteiger partial charge is 0.497 e. The summed E-state index contributed by atoms with van der Waals surface area (Å²) in [7, 11) is 1.72. The van der Waals surface area contributed by atoms with Crippen LogP contribution >= 0.6 is 0 Å². The SMILES string of the molecule is CC[C@@H]1CNCC[C@H]1CCCc1ccnc2ccc(OC)cc12.O=C(O)/C=C/C(=O)O. The molecule has 1 aliphatic heterocycles. The van der Waals surface area contributed by atoms with Gasteiger partial charge in [0, 0.05) is 23.7 Å². The molecule has 168 valence electrons.